The first-order valence-electron chi connectivity index (χ1n) is 10.1. The molecule has 0 bridgehead atoms. The number of benzene rings is 1. The minimum atomic E-state index is -1.57. The zero-order chi connectivity index (χ0) is 24.0. The van der Waals surface area contributed by atoms with E-state index in [1.807, 2.05) is 18.2 Å². The van der Waals surface area contributed by atoms with E-state index in [-0.39, 0.29) is 12.1 Å². The van der Waals surface area contributed by atoms with Crippen molar-refractivity contribution >= 4 is 59.4 Å². The molecule has 1 aromatic rings. The molecule has 9 nitrogen and oxygen atoms in total. The molecule has 1 aromatic carbocycles. The van der Waals surface area contributed by atoms with E-state index in [0.717, 1.165) is 16.5 Å². The molecule has 2 atom stereocenters. The number of nitrogens with zero attached hydrogens (tertiary/aromatic N) is 1. The Hall–Kier alpha value is -1.60. The van der Waals surface area contributed by atoms with E-state index >= 15 is 0 Å². The zero-order valence-electron chi connectivity index (χ0n) is 17.8. The average Bonchev–Trinajstić information content (AvgIpc) is 3.03. The topological polar surface area (TPSA) is 125 Å². The summed E-state index contributed by atoms with van der Waals surface area (Å²) in [5.74, 6) is -0.918. The lowest BCUT2D eigenvalue weighted by Gasteiger charge is -2.27. The third kappa shape index (κ3) is 6.10. The van der Waals surface area contributed by atoms with Gasteiger partial charge in [-0.3, -0.25) is 4.79 Å². The van der Waals surface area contributed by atoms with Crippen LogP contribution in [0.4, 0.5) is 0 Å². The predicted molar refractivity (Wildman–Crippen MR) is 133 cm³/mol. The first-order chi connectivity index (χ1) is 15.8. The van der Waals surface area contributed by atoms with Crippen molar-refractivity contribution in [3.63, 3.8) is 0 Å². The highest BCUT2D eigenvalue weighted by Gasteiger charge is 2.54. The molecular weight excluding hydrogens is 630 g/mol. The number of rotatable bonds is 9. The molecule has 0 fully saturated rings. The van der Waals surface area contributed by atoms with Gasteiger partial charge in [-0.25, -0.2) is 0 Å². The van der Waals surface area contributed by atoms with Crippen molar-refractivity contribution in [1.82, 2.24) is 5.32 Å². The summed E-state index contributed by atoms with van der Waals surface area (Å²) in [6, 6.07) is 5.83. The van der Waals surface area contributed by atoms with E-state index in [1.54, 1.807) is 0 Å². The number of amides is 1. The van der Waals surface area contributed by atoms with Crippen LogP contribution in [0.15, 0.2) is 48.8 Å². The summed E-state index contributed by atoms with van der Waals surface area (Å²) in [4.78, 5) is 17.9. The monoisotopic (exact) mass is 651 g/mol. The number of allylic oxidation sites excluding steroid dienone is 1. The highest BCUT2D eigenvalue weighted by Crippen LogP contribution is 2.41. The Morgan fingerprint density at radius 2 is 2.18 bits per heavy atom. The molecule has 0 saturated carbocycles. The van der Waals surface area contributed by atoms with Gasteiger partial charge in [-0.05, 0) is 68.9 Å². The number of methoxy groups -OCH3 is 1. The number of halogens is 3. The number of hydrogen-bond donors (Lipinski definition) is 3. The third-order valence-corrected chi connectivity index (χ3v) is 6.74. The number of carbonyl (C=O) groups is 1. The fourth-order valence-electron chi connectivity index (χ4n) is 3.23. The molecule has 0 aliphatic carbocycles. The second-order valence-electron chi connectivity index (χ2n) is 7.24. The van der Waals surface area contributed by atoms with E-state index in [0.29, 0.717) is 46.6 Å². The molecule has 2 unspecified atom stereocenters. The van der Waals surface area contributed by atoms with Gasteiger partial charge in [-0.1, -0.05) is 27.2 Å². The van der Waals surface area contributed by atoms with Crippen LogP contribution < -0.4 is 15.8 Å². The molecule has 33 heavy (non-hydrogen) atoms. The number of nitrogens with two attached hydrogens (primary N) is 1. The molecule has 3 rings (SSSR count). The summed E-state index contributed by atoms with van der Waals surface area (Å²) in [6.45, 7) is 1.30. The number of oxime groups is 1. The summed E-state index contributed by atoms with van der Waals surface area (Å²) >= 11 is 10.2. The lowest BCUT2D eigenvalue weighted by molar-refractivity contribution is -0.225. The minimum absolute atomic E-state index is 0.0794. The smallest absolute Gasteiger partial charge is 0.311 e. The third-order valence-electron chi connectivity index (χ3n) is 4.93. The lowest BCUT2D eigenvalue weighted by Crippen LogP contribution is -2.49. The molecule has 12 heteroatoms. The Bertz CT molecular complexity index is 984. The second-order valence-corrected chi connectivity index (χ2v) is 9.91. The van der Waals surface area contributed by atoms with Gasteiger partial charge < -0.3 is 35.2 Å². The molecule has 2 aliphatic heterocycles. The number of carbonyl (C=O) groups excluding carboxylic acids is 1. The number of aliphatic hydroxyl groups is 1. The van der Waals surface area contributed by atoms with Crippen molar-refractivity contribution in [3.8, 4) is 5.75 Å². The SMILES string of the molecule is COC1=C(Br)CC2(OC=C1Br)ON=C(C(=O)NCCCOc1ccc(CCN)cc1Br)C2O. The Labute approximate surface area is 216 Å². The highest BCUT2D eigenvalue weighted by atomic mass is 79.9. The van der Waals surface area contributed by atoms with Crippen LogP contribution >= 0.6 is 47.8 Å². The molecule has 1 amide bonds. The maximum Gasteiger partial charge on any atom is 0.311 e. The Morgan fingerprint density at radius 3 is 2.88 bits per heavy atom. The quantitative estimate of drug-likeness (QED) is 0.350. The Balaban J connectivity index is 1.48. The normalized spacial score (nSPS) is 22.2. The molecule has 1 spiro atoms. The number of hydrogen-bond acceptors (Lipinski definition) is 8. The summed E-state index contributed by atoms with van der Waals surface area (Å²) < 4.78 is 18.6. The van der Waals surface area contributed by atoms with Gasteiger partial charge in [0.15, 0.2) is 11.8 Å². The van der Waals surface area contributed by atoms with Crippen LogP contribution in [0.5, 0.6) is 5.75 Å². The molecular formula is C21H24Br3N3O6. The maximum atomic E-state index is 12.6. The van der Waals surface area contributed by atoms with Gasteiger partial charge in [0.25, 0.3) is 5.91 Å². The summed E-state index contributed by atoms with van der Waals surface area (Å²) in [5, 5.41) is 17.3. The highest BCUT2D eigenvalue weighted by molar-refractivity contribution is 9.12. The van der Waals surface area contributed by atoms with Crippen molar-refractivity contribution in [2.24, 2.45) is 10.9 Å². The van der Waals surface area contributed by atoms with E-state index < -0.39 is 17.8 Å². The van der Waals surface area contributed by atoms with E-state index in [9.17, 15) is 9.90 Å². The predicted octanol–water partition coefficient (Wildman–Crippen LogP) is 3.19. The zero-order valence-corrected chi connectivity index (χ0v) is 22.5. The minimum Gasteiger partial charge on any atom is -0.495 e. The van der Waals surface area contributed by atoms with Crippen LogP contribution in [0.1, 0.15) is 18.4 Å². The molecule has 0 radical (unpaired) electrons. The van der Waals surface area contributed by atoms with Gasteiger partial charge in [0.05, 0.1) is 29.1 Å². The first-order valence-corrected chi connectivity index (χ1v) is 12.5. The fraction of sp³-hybridized carbons (Fsp3) is 0.429. The van der Waals surface area contributed by atoms with Crippen molar-refractivity contribution in [2.75, 3.05) is 26.8 Å². The van der Waals surface area contributed by atoms with E-state index in [1.165, 1.54) is 13.4 Å². The summed E-state index contributed by atoms with van der Waals surface area (Å²) in [6.07, 6.45) is 1.36. The van der Waals surface area contributed by atoms with Gasteiger partial charge in [-0.15, -0.1) is 0 Å². The molecule has 4 N–H and O–H groups in total. The summed E-state index contributed by atoms with van der Waals surface area (Å²) in [5.41, 5.74) is 6.54. The number of nitrogens with one attached hydrogen (secondary N) is 1. The average molecular weight is 654 g/mol. The van der Waals surface area contributed by atoms with Crippen LogP contribution in [0.2, 0.25) is 0 Å². The molecule has 2 aliphatic rings. The van der Waals surface area contributed by atoms with Crippen LogP contribution in [0.3, 0.4) is 0 Å². The largest absolute Gasteiger partial charge is 0.495 e. The van der Waals surface area contributed by atoms with E-state index in [2.05, 4.69) is 58.3 Å². The van der Waals surface area contributed by atoms with Crippen molar-refractivity contribution in [3.05, 3.63) is 49.2 Å². The van der Waals surface area contributed by atoms with Crippen LogP contribution in [0.25, 0.3) is 0 Å². The standard InChI is InChI=1S/C21H24Br3N3O6/c1-30-18-14(23)10-21(32-11-15(18)24)19(28)17(27-33-21)20(29)26-7-2-8-31-16-4-3-12(5-6-25)9-13(16)22/h3-4,9,11,19,28H,2,5-8,10,25H2,1H3,(H,26,29). The van der Waals surface area contributed by atoms with Gasteiger partial charge in [0.1, 0.15) is 17.8 Å². The van der Waals surface area contributed by atoms with Gasteiger partial charge in [0.2, 0.25) is 0 Å². The lowest BCUT2D eigenvalue weighted by atomic mass is 10.0. The molecule has 0 aromatic heterocycles. The van der Waals surface area contributed by atoms with Gasteiger partial charge in [0, 0.05) is 11.0 Å². The molecule has 2 heterocycles. The number of aliphatic hydroxyl groups excluding tert-OH is 1. The summed E-state index contributed by atoms with van der Waals surface area (Å²) in [7, 11) is 1.50. The fourth-order valence-corrected chi connectivity index (χ4v) is 5.29. The first kappa shape index (κ1) is 26.0. The maximum absolute atomic E-state index is 12.6. The van der Waals surface area contributed by atoms with Gasteiger partial charge >= 0.3 is 5.79 Å². The van der Waals surface area contributed by atoms with Crippen molar-refractivity contribution in [2.45, 2.75) is 31.2 Å². The molecule has 0 saturated heterocycles. The molecule has 180 valence electrons. The van der Waals surface area contributed by atoms with Gasteiger partial charge in [-0.2, -0.15) is 0 Å². The van der Waals surface area contributed by atoms with Crippen LogP contribution in [0, 0.1) is 0 Å². The van der Waals surface area contributed by atoms with E-state index in [4.69, 9.17) is 24.8 Å². The van der Waals surface area contributed by atoms with Crippen molar-refractivity contribution < 1.29 is 28.9 Å². The number of ether oxygens (including phenoxy) is 3. The van der Waals surface area contributed by atoms with Crippen LogP contribution in [-0.4, -0.2) is 55.4 Å². The van der Waals surface area contributed by atoms with Crippen molar-refractivity contribution in [1.29, 1.82) is 0 Å². The second kappa shape index (κ2) is 11.7. The Kier molecular flexibility index (Phi) is 9.22. The van der Waals surface area contributed by atoms with Crippen LogP contribution in [-0.2, 0) is 25.5 Å². The Morgan fingerprint density at radius 1 is 1.39 bits per heavy atom.